The first kappa shape index (κ1) is 20.1. The van der Waals surface area contributed by atoms with Gasteiger partial charge in [0.05, 0.1) is 17.5 Å². The Balaban J connectivity index is 2.31. The number of carboxylic acids is 1. The van der Waals surface area contributed by atoms with Crippen molar-refractivity contribution in [3.05, 3.63) is 23.8 Å². The lowest BCUT2D eigenvalue weighted by molar-refractivity contribution is -0.142. The van der Waals surface area contributed by atoms with Crippen LogP contribution in [0.4, 0.5) is 0 Å². The molecule has 0 aliphatic carbocycles. The van der Waals surface area contributed by atoms with Gasteiger partial charge in [-0.15, -0.1) is 0 Å². The number of carboxylic acid groups (broad SMARTS) is 1. The molecule has 0 bridgehead atoms. The van der Waals surface area contributed by atoms with E-state index in [0.29, 0.717) is 16.6 Å². The van der Waals surface area contributed by atoms with Crippen LogP contribution in [0.25, 0.3) is 11.0 Å². The first-order chi connectivity index (χ1) is 11.7. The first-order valence-electron chi connectivity index (χ1n) is 7.79. The normalized spacial score (nSPS) is 13.6. The van der Waals surface area contributed by atoms with E-state index in [2.05, 4.69) is 21.4 Å². The summed E-state index contributed by atoms with van der Waals surface area (Å²) in [6, 6.07) is 3.98. The zero-order chi connectivity index (χ0) is 18.6. The maximum absolute atomic E-state index is 12.9. The SMILES string of the molecule is CC(C)CC(C(=O)O)N(CCS)S(=O)(=O)Cc1ccc2nsnc2c1. The molecule has 1 aromatic carbocycles. The largest absolute Gasteiger partial charge is 0.480 e. The molecule has 7 nitrogen and oxygen atoms in total. The van der Waals surface area contributed by atoms with Gasteiger partial charge in [0.1, 0.15) is 17.1 Å². The van der Waals surface area contributed by atoms with Gasteiger partial charge in [0.15, 0.2) is 0 Å². The predicted molar refractivity (Wildman–Crippen MR) is 101 cm³/mol. The van der Waals surface area contributed by atoms with Crippen molar-refractivity contribution < 1.29 is 18.3 Å². The van der Waals surface area contributed by atoms with E-state index in [4.69, 9.17) is 0 Å². The molecule has 0 aliphatic heterocycles. The molecule has 2 rings (SSSR count). The molecule has 0 aliphatic rings. The molecule has 1 atom stereocenters. The van der Waals surface area contributed by atoms with Crippen LogP contribution >= 0.6 is 24.4 Å². The van der Waals surface area contributed by atoms with Crippen LogP contribution in [-0.2, 0) is 20.6 Å². The van der Waals surface area contributed by atoms with Crippen molar-refractivity contribution in [2.24, 2.45) is 5.92 Å². The Morgan fingerprint density at radius 3 is 2.60 bits per heavy atom. The van der Waals surface area contributed by atoms with Crippen molar-refractivity contribution in [2.45, 2.75) is 32.1 Å². The molecule has 2 aromatic rings. The minimum atomic E-state index is -3.82. The lowest BCUT2D eigenvalue weighted by atomic mass is 10.0. The Bertz CT molecular complexity index is 835. The van der Waals surface area contributed by atoms with Gasteiger partial charge in [-0.2, -0.15) is 25.7 Å². The van der Waals surface area contributed by atoms with Crippen molar-refractivity contribution in [1.29, 1.82) is 0 Å². The van der Waals surface area contributed by atoms with Crippen LogP contribution in [0.5, 0.6) is 0 Å². The fourth-order valence-corrected chi connectivity index (χ4v) is 5.15. The van der Waals surface area contributed by atoms with Crippen LogP contribution in [0.3, 0.4) is 0 Å². The van der Waals surface area contributed by atoms with E-state index in [-0.39, 0.29) is 30.4 Å². The zero-order valence-corrected chi connectivity index (χ0v) is 16.5. The van der Waals surface area contributed by atoms with Gasteiger partial charge in [0, 0.05) is 12.3 Å². The molecule has 1 unspecified atom stereocenters. The van der Waals surface area contributed by atoms with Crippen LogP contribution in [0.15, 0.2) is 18.2 Å². The summed E-state index contributed by atoms with van der Waals surface area (Å²) in [7, 11) is -3.82. The lowest BCUT2D eigenvalue weighted by Crippen LogP contribution is -2.47. The third-order valence-electron chi connectivity index (χ3n) is 3.67. The quantitative estimate of drug-likeness (QED) is 0.623. The molecule has 0 amide bonds. The second kappa shape index (κ2) is 8.43. The van der Waals surface area contributed by atoms with Gasteiger partial charge in [-0.1, -0.05) is 19.9 Å². The number of rotatable bonds is 9. The monoisotopic (exact) mass is 403 g/mol. The third kappa shape index (κ3) is 5.13. The number of sulfonamides is 1. The van der Waals surface area contributed by atoms with Crippen LogP contribution in [0.2, 0.25) is 0 Å². The van der Waals surface area contributed by atoms with Crippen LogP contribution < -0.4 is 0 Å². The third-order valence-corrected chi connectivity index (χ3v) is 6.28. The number of hydrogen-bond acceptors (Lipinski definition) is 7. The van der Waals surface area contributed by atoms with Crippen molar-refractivity contribution in [3.8, 4) is 0 Å². The van der Waals surface area contributed by atoms with E-state index in [0.717, 1.165) is 16.0 Å². The van der Waals surface area contributed by atoms with Gasteiger partial charge in [0.25, 0.3) is 0 Å². The molecule has 1 N–H and O–H groups in total. The zero-order valence-electron chi connectivity index (χ0n) is 14.0. The highest BCUT2D eigenvalue weighted by atomic mass is 32.2. The lowest BCUT2D eigenvalue weighted by Gasteiger charge is -2.28. The summed E-state index contributed by atoms with van der Waals surface area (Å²) in [4.78, 5) is 11.6. The molecule has 1 aromatic heterocycles. The van der Waals surface area contributed by atoms with Gasteiger partial charge in [-0.3, -0.25) is 4.79 Å². The number of aliphatic carboxylic acids is 1. The van der Waals surface area contributed by atoms with Crippen molar-refractivity contribution in [3.63, 3.8) is 0 Å². The Hall–Kier alpha value is -1.23. The first-order valence-corrected chi connectivity index (χ1v) is 10.8. The molecule has 0 fully saturated rings. The van der Waals surface area contributed by atoms with Gasteiger partial charge < -0.3 is 5.11 Å². The van der Waals surface area contributed by atoms with E-state index in [9.17, 15) is 18.3 Å². The van der Waals surface area contributed by atoms with E-state index in [1.807, 2.05) is 13.8 Å². The summed E-state index contributed by atoms with van der Waals surface area (Å²) in [5, 5.41) is 9.51. The van der Waals surface area contributed by atoms with E-state index < -0.39 is 22.0 Å². The molecule has 1 heterocycles. The van der Waals surface area contributed by atoms with Gasteiger partial charge in [-0.25, -0.2) is 8.42 Å². The predicted octanol–water partition coefficient (Wildman–Crippen LogP) is 2.25. The highest BCUT2D eigenvalue weighted by molar-refractivity contribution is 7.88. The summed E-state index contributed by atoms with van der Waals surface area (Å²) in [5.74, 6) is -1.12. The van der Waals surface area contributed by atoms with Gasteiger partial charge in [-0.05, 0) is 30.0 Å². The maximum atomic E-state index is 12.9. The van der Waals surface area contributed by atoms with Crippen LogP contribution in [0.1, 0.15) is 25.8 Å². The van der Waals surface area contributed by atoms with Crippen molar-refractivity contribution in [1.82, 2.24) is 13.1 Å². The fourth-order valence-electron chi connectivity index (χ4n) is 2.59. The number of thiol groups is 1. The minimum Gasteiger partial charge on any atom is -0.480 e. The molecular weight excluding hydrogens is 382 g/mol. The summed E-state index contributed by atoms with van der Waals surface area (Å²) in [6.45, 7) is 3.78. The highest BCUT2D eigenvalue weighted by Gasteiger charge is 2.34. The molecule has 0 spiro atoms. The van der Waals surface area contributed by atoms with Crippen molar-refractivity contribution in [2.75, 3.05) is 12.3 Å². The molecule has 0 saturated carbocycles. The number of nitrogens with zero attached hydrogens (tertiary/aromatic N) is 3. The van der Waals surface area contributed by atoms with Gasteiger partial charge in [0.2, 0.25) is 10.0 Å². The Morgan fingerprint density at radius 1 is 1.32 bits per heavy atom. The minimum absolute atomic E-state index is 0.0512. The molecular formula is C15H21N3O4S3. The van der Waals surface area contributed by atoms with E-state index in [1.165, 1.54) is 0 Å². The van der Waals surface area contributed by atoms with E-state index in [1.54, 1.807) is 18.2 Å². The maximum Gasteiger partial charge on any atom is 0.322 e. The smallest absolute Gasteiger partial charge is 0.322 e. The summed E-state index contributed by atoms with van der Waals surface area (Å²) in [6.07, 6.45) is 0.247. The van der Waals surface area contributed by atoms with Crippen LogP contribution in [-0.4, -0.2) is 50.9 Å². The van der Waals surface area contributed by atoms with Crippen LogP contribution in [0, 0.1) is 5.92 Å². The summed E-state index contributed by atoms with van der Waals surface area (Å²) < 4.78 is 35.0. The molecule has 0 radical (unpaired) electrons. The Morgan fingerprint density at radius 2 is 2.00 bits per heavy atom. The van der Waals surface area contributed by atoms with E-state index >= 15 is 0 Å². The molecule has 0 saturated heterocycles. The second-order valence-corrected chi connectivity index (χ2v) is 9.06. The number of fused-ring (bicyclic) bond motifs is 1. The molecule has 138 valence electrons. The average molecular weight is 404 g/mol. The highest BCUT2D eigenvalue weighted by Crippen LogP contribution is 2.21. The summed E-state index contributed by atoms with van der Waals surface area (Å²) >= 11 is 5.16. The fraction of sp³-hybridized carbons (Fsp3) is 0.533. The standard InChI is InChI=1S/C15H21N3O4S3/c1-10(2)7-14(15(19)20)18(5-6-23)25(21,22)9-11-3-4-12-13(8-11)17-24-16-12/h3-4,8,10,14,23H,5-7,9H2,1-2H3,(H,19,20). The Kier molecular flexibility index (Phi) is 6.78. The number of carbonyl (C=O) groups is 1. The number of hydrogen-bond donors (Lipinski definition) is 2. The number of aromatic nitrogens is 2. The Labute approximate surface area is 156 Å². The number of benzene rings is 1. The molecule has 25 heavy (non-hydrogen) atoms. The topological polar surface area (TPSA) is 100 Å². The summed E-state index contributed by atoms with van der Waals surface area (Å²) in [5.41, 5.74) is 1.90. The second-order valence-electron chi connectivity index (χ2n) is 6.16. The molecule has 10 heteroatoms. The van der Waals surface area contributed by atoms with Crippen molar-refractivity contribution >= 4 is 51.4 Å². The van der Waals surface area contributed by atoms with Gasteiger partial charge >= 0.3 is 5.97 Å². The average Bonchev–Trinajstić information content (AvgIpc) is 2.97.